The molecule has 0 aromatic heterocycles. The Morgan fingerprint density at radius 2 is 2.00 bits per heavy atom. The van der Waals surface area contributed by atoms with Gasteiger partial charge in [-0.3, -0.25) is 0 Å². The Kier molecular flexibility index (Phi) is 2.62. The molecule has 0 aliphatic heterocycles. The lowest BCUT2D eigenvalue weighted by atomic mass is 9.59. The van der Waals surface area contributed by atoms with Gasteiger partial charge in [-0.25, -0.2) is 4.79 Å². The highest BCUT2D eigenvalue weighted by Crippen LogP contribution is 2.64. The van der Waals surface area contributed by atoms with Gasteiger partial charge in [-0.1, -0.05) is 13.5 Å². The molecule has 0 radical (unpaired) electrons. The maximum Gasteiger partial charge on any atom is 0.333 e. The summed E-state index contributed by atoms with van der Waals surface area (Å²) in [5, 5.41) is 0. The first-order valence-corrected chi connectivity index (χ1v) is 7.30. The van der Waals surface area contributed by atoms with Gasteiger partial charge in [0.25, 0.3) is 0 Å². The summed E-state index contributed by atoms with van der Waals surface area (Å²) in [6.45, 7) is 9.99. The third kappa shape index (κ3) is 1.57. The fourth-order valence-electron chi connectivity index (χ4n) is 4.84. The number of fused-ring (bicyclic) bond motifs is 1. The van der Waals surface area contributed by atoms with Crippen molar-refractivity contribution in [2.45, 2.75) is 52.1 Å². The molecule has 0 amide bonds. The third-order valence-electron chi connectivity index (χ3n) is 5.84. The maximum atomic E-state index is 11.9. The van der Waals surface area contributed by atoms with Crippen LogP contribution in [0.1, 0.15) is 46.5 Å². The summed E-state index contributed by atoms with van der Waals surface area (Å²) in [6.07, 6.45) is 5.16. The van der Waals surface area contributed by atoms with Gasteiger partial charge in [-0.05, 0) is 63.2 Å². The molecule has 100 valence electrons. The smallest absolute Gasteiger partial charge is 0.333 e. The summed E-state index contributed by atoms with van der Waals surface area (Å²) in [5.74, 6) is 3.50. The summed E-state index contributed by atoms with van der Waals surface area (Å²) in [7, 11) is 0. The maximum absolute atomic E-state index is 11.9. The molecule has 2 nitrogen and oxygen atoms in total. The van der Waals surface area contributed by atoms with E-state index in [1.807, 2.05) is 0 Å². The van der Waals surface area contributed by atoms with Crippen molar-refractivity contribution >= 4 is 5.97 Å². The lowest BCUT2D eigenvalue weighted by molar-refractivity contribution is -0.172. The lowest BCUT2D eigenvalue weighted by Gasteiger charge is -2.49. The average Bonchev–Trinajstić information content (AvgIpc) is 2.38. The van der Waals surface area contributed by atoms with Crippen molar-refractivity contribution in [1.29, 1.82) is 0 Å². The minimum absolute atomic E-state index is 0.195. The topological polar surface area (TPSA) is 26.3 Å². The van der Waals surface area contributed by atoms with Gasteiger partial charge >= 0.3 is 5.97 Å². The molecule has 3 aliphatic carbocycles. The zero-order valence-corrected chi connectivity index (χ0v) is 11.7. The molecule has 0 aromatic carbocycles. The zero-order chi connectivity index (χ0) is 13.1. The summed E-state index contributed by atoms with van der Waals surface area (Å²) < 4.78 is 5.89. The molecule has 0 spiro atoms. The Hall–Kier alpha value is -0.790. The minimum atomic E-state index is -0.216. The second-order valence-electron chi connectivity index (χ2n) is 7.13. The van der Waals surface area contributed by atoms with Crippen LogP contribution in [-0.2, 0) is 9.53 Å². The Morgan fingerprint density at radius 1 is 1.28 bits per heavy atom. The average molecular weight is 248 g/mol. The number of rotatable bonds is 2. The number of carbonyl (C=O) groups excluding carboxylic acids is 1. The van der Waals surface area contributed by atoms with Gasteiger partial charge in [-0.15, -0.1) is 0 Å². The van der Waals surface area contributed by atoms with Crippen molar-refractivity contribution in [2.24, 2.45) is 29.6 Å². The number of ether oxygens (including phenoxy) is 1. The second kappa shape index (κ2) is 3.85. The summed E-state index contributed by atoms with van der Waals surface area (Å²) in [6, 6.07) is 0. The summed E-state index contributed by atoms with van der Waals surface area (Å²) in [5.41, 5.74) is 0.311. The molecule has 3 aliphatic rings. The van der Waals surface area contributed by atoms with Crippen molar-refractivity contribution in [2.75, 3.05) is 0 Å². The van der Waals surface area contributed by atoms with E-state index < -0.39 is 0 Å². The van der Waals surface area contributed by atoms with Gasteiger partial charge in [0.1, 0.15) is 5.60 Å². The molecular formula is C16H24O2. The van der Waals surface area contributed by atoms with Crippen LogP contribution in [0.25, 0.3) is 0 Å². The Balaban J connectivity index is 1.84. The number of carbonyl (C=O) groups is 1. The predicted molar refractivity (Wildman–Crippen MR) is 70.9 cm³/mol. The van der Waals surface area contributed by atoms with Crippen LogP contribution in [0.2, 0.25) is 0 Å². The number of hydrogen-bond acceptors (Lipinski definition) is 2. The Morgan fingerprint density at radius 3 is 2.67 bits per heavy atom. The molecule has 18 heavy (non-hydrogen) atoms. The van der Waals surface area contributed by atoms with Crippen LogP contribution < -0.4 is 0 Å². The fraction of sp³-hybridized carbons (Fsp3) is 0.812. The quantitative estimate of drug-likeness (QED) is 0.551. The predicted octanol–water partition coefficient (Wildman–Crippen LogP) is 3.57. The van der Waals surface area contributed by atoms with E-state index in [0.717, 1.165) is 17.8 Å². The van der Waals surface area contributed by atoms with Gasteiger partial charge in [0, 0.05) is 11.5 Å². The van der Waals surface area contributed by atoms with Crippen LogP contribution in [0.4, 0.5) is 0 Å². The first kappa shape index (κ1) is 12.3. The standard InChI is InChI=1S/C16H24O2/c1-9(2)15(17)18-16(4)12-6-10(3)5-11-7-14(16)13(11)8-12/h10-14H,1,5-8H2,2-4H3. The molecule has 3 saturated carbocycles. The Labute approximate surface area is 110 Å². The molecule has 0 aromatic rings. The molecule has 6 atom stereocenters. The number of hydrogen-bond donors (Lipinski definition) is 0. The highest BCUT2D eigenvalue weighted by Gasteiger charge is 2.63. The molecule has 6 unspecified atom stereocenters. The molecule has 0 saturated heterocycles. The van der Waals surface area contributed by atoms with Crippen LogP contribution >= 0.6 is 0 Å². The van der Waals surface area contributed by atoms with Crippen molar-refractivity contribution < 1.29 is 9.53 Å². The van der Waals surface area contributed by atoms with E-state index in [9.17, 15) is 4.79 Å². The van der Waals surface area contributed by atoms with Gasteiger partial charge < -0.3 is 4.74 Å². The molecule has 0 N–H and O–H groups in total. The van der Waals surface area contributed by atoms with Gasteiger partial charge in [0.15, 0.2) is 0 Å². The fourth-order valence-corrected chi connectivity index (χ4v) is 4.84. The molecular weight excluding hydrogens is 224 g/mol. The largest absolute Gasteiger partial charge is 0.455 e. The highest BCUT2D eigenvalue weighted by atomic mass is 16.6. The number of esters is 1. The summed E-state index contributed by atoms with van der Waals surface area (Å²) >= 11 is 0. The monoisotopic (exact) mass is 248 g/mol. The van der Waals surface area contributed by atoms with Crippen molar-refractivity contribution in [3.05, 3.63) is 12.2 Å². The molecule has 2 heteroatoms. The van der Waals surface area contributed by atoms with Crippen molar-refractivity contribution in [3.8, 4) is 0 Å². The Bertz CT molecular complexity index is 398. The SMILES string of the molecule is C=C(C)C(=O)OC1(C)C2CC(C)CC3CC1C3C2. The van der Waals surface area contributed by atoms with Crippen molar-refractivity contribution in [3.63, 3.8) is 0 Å². The van der Waals surface area contributed by atoms with E-state index in [-0.39, 0.29) is 11.6 Å². The molecule has 3 fully saturated rings. The molecule has 0 heterocycles. The van der Waals surface area contributed by atoms with E-state index in [0.29, 0.717) is 17.4 Å². The normalized spacial score (nSPS) is 49.2. The first-order valence-electron chi connectivity index (χ1n) is 7.30. The highest BCUT2D eigenvalue weighted by molar-refractivity contribution is 5.87. The van der Waals surface area contributed by atoms with Crippen LogP contribution in [-0.4, -0.2) is 11.6 Å². The van der Waals surface area contributed by atoms with Gasteiger partial charge in [0.2, 0.25) is 0 Å². The minimum Gasteiger partial charge on any atom is -0.455 e. The van der Waals surface area contributed by atoms with Crippen LogP contribution in [0, 0.1) is 29.6 Å². The van der Waals surface area contributed by atoms with Crippen LogP contribution in [0.5, 0.6) is 0 Å². The zero-order valence-electron chi connectivity index (χ0n) is 11.7. The van der Waals surface area contributed by atoms with Gasteiger partial charge in [0.05, 0.1) is 0 Å². The molecule has 3 rings (SSSR count). The van der Waals surface area contributed by atoms with Crippen LogP contribution in [0.15, 0.2) is 12.2 Å². The molecule has 2 bridgehead atoms. The first-order chi connectivity index (χ1) is 8.41. The van der Waals surface area contributed by atoms with Crippen LogP contribution in [0.3, 0.4) is 0 Å². The van der Waals surface area contributed by atoms with E-state index in [2.05, 4.69) is 20.4 Å². The van der Waals surface area contributed by atoms with E-state index in [1.165, 1.54) is 25.7 Å². The van der Waals surface area contributed by atoms with Crippen molar-refractivity contribution in [1.82, 2.24) is 0 Å². The van der Waals surface area contributed by atoms with E-state index in [4.69, 9.17) is 4.74 Å². The lowest BCUT2D eigenvalue weighted by Crippen LogP contribution is -2.50. The summed E-state index contributed by atoms with van der Waals surface area (Å²) in [4.78, 5) is 11.9. The third-order valence-corrected chi connectivity index (χ3v) is 5.84. The second-order valence-corrected chi connectivity index (χ2v) is 7.13. The van der Waals surface area contributed by atoms with E-state index in [1.54, 1.807) is 6.92 Å². The van der Waals surface area contributed by atoms with E-state index >= 15 is 0 Å². The van der Waals surface area contributed by atoms with Gasteiger partial charge in [-0.2, -0.15) is 0 Å².